The minimum atomic E-state index is -0.681. The van der Waals surface area contributed by atoms with Gasteiger partial charge in [-0.05, 0) is 25.0 Å². The molecular formula is C20H22N3O2+. The maximum Gasteiger partial charge on any atom is 0.289 e. The van der Waals surface area contributed by atoms with Crippen LogP contribution in [-0.4, -0.2) is 23.3 Å². The molecule has 0 saturated carbocycles. The number of rotatable bonds is 4. The lowest BCUT2D eigenvalue weighted by Gasteiger charge is -2.31. The second-order valence-corrected chi connectivity index (χ2v) is 6.25. The summed E-state index contributed by atoms with van der Waals surface area (Å²) in [6.45, 7) is 8.20. The SMILES string of the molecule is C=CCN1C(=O)C[n+]2ccccc2[C@H]1C(=O)Nc1c(C)cccc1C. The molecule has 1 atom stereocenters. The van der Waals surface area contributed by atoms with Gasteiger partial charge in [0, 0.05) is 24.4 Å². The Morgan fingerprint density at radius 3 is 2.68 bits per heavy atom. The molecule has 2 amide bonds. The van der Waals surface area contributed by atoms with E-state index in [-0.39, 0.29) is 18.4 Å². The van der Waals surface area contributed by atoms with E-state index in [0.29, 0.717) is 6.54 Å². The fourth-order valence-corrected chi connectivity index (χ4v) is 3.25. The number of amides is 2. The zero-order valence-corrected chi connectivity index (χ0v) is 14.5. The van der Waals surface area contributed by atoms with E-state index < -0.39 is 6.04 Å². The molecule has 0 bridgehead atoms. The van der Waals surface area contributed by atoms with Gasteiger partial charge in [-0.2, -0.15) is 4.57 Å². The molecule has 0 spiro atoms. The minimum Gasteiger partial charge on any atom is -0.323 e. The number of hydrogen-bond acceptors (Lipinski definition) is 2. The van der Waals surface area contributed by atoms with Crippen molar-refractivity contribution in [2.75, 3.05) is 11.9 Å². The summed E-state index contributed by atoms with van der Waals surface area (Å²) in [5.74, 6) is -0.308. The molecule has 1 aliphatic heterocycles. The van der Waals surface area contributed by atoms with Crippen LogP contribution in [-0.2, 0) is 16.1 Å². The largest absolute Gasteiger partial charge is 0.323 e. The normalized spacial score (nSPS) is 16.3. The molecule has 1 N–H and O–H groups in total. The summed E-state index contributed by atoms with van der Waals surface area (Å²) in [7, 11) is 0. The van der Waals surface area contributed by atoms with Crippen molar-refractivity contribution in [3.8, 4) is 0 Å². The lowest BCUT2D eigenvalue weighted by Crippen LogP contribution is -2.58. The van der Waals surface area contributed by atoms with Gasteiger partial charge in [-0.3, -0.25) is 9.59 Å². The third-order valence-electron chi connectivity index (χ3n) is 4.50. The van der Waals surface area contributed by atoms with E-state index in [1.54, 1.807) is 11.0 Å². The van der Waals surface area contributed by atoms with Gasteiger partial charge in [-0.15, -0.1) is 6.58 Å². The van der Waals surface area contributed by atoms with Crippen molar-refractivity contribution in [2.45, 2.75) is 26.4 Å². The summed E-state index contributed by atoms with van der Waals surface area (Å²) < 4.78 is 1.83. The number of aromatic nitrogens is 1. The highest BCUT2D eigenvalue weighted by Gasteiger charge is 2.42. The summed E-state index contributed by atoms with van der Waals surface area (Å²) >= 11 is 0. The van der Waals surface area contributed by atoms with Gasteiger partial charge in [0.15, 0.2) is 12.2 Å². The summed E-state index contributed by atoms with van der Waals surface area (Å²) in [6, 6.07) is 10.8. The van der Waals surface area contributed by atoms with Gasteiger partial charge < -0.3 is 10.2 Å². The number of anilines is 1. The lowest BCUT2D eigenvalue weighted by atomic mass is 10.0. The van der Waals surface area contributed by atoms with E-state index in [4.69, 9.17) is 0 Å². The fourth-order valence-electron chi connectivity index (χ4n) is 3.25. The maximum absolute atomic E-state index is 13.1. The van der Waals surface area contributed by atoms with Gasteiger partial charge in [0.05, 0.1) is 0 Å². The Balaban J connectivity index is 2.00. The van der Waals surface area contributed by atoms with Crippen LogP contribution in [0.5, 0.6) is 0 Å². The zero-order valence-electron chi connectivity index (χ0n) is 14.5. The Bertz CT molecular complexity index is 824. The molecule has 5 nitrogen and oxygen atoms in total. The second-order valence-electron chi connectivity index (χ2n) is 6.25. The molecular weight excluding hydrogens is 314 g/mol. The van der Waals surface area contributed by atoms with Crippen molar-refractivity contribution in [3.05, 3.63) is 72.1 Å². The van der Waals surface area contributed by atoms with Gasteiger partial charge in [-0.25, -0.2) is 0 Å². The molecule has 128 valence electrons. The fraction of sp³-hybridized carbons (Fsp3) is 0.250. The van der Waals surface area contributed by atoms with Crippen molar-refractivity contribution in [3.63, 3.8) is 0 Å². The monoisotopic (exact) mass is 336 g/mol. The Hall–Kier alpha value is -2.95. The molecule has 0 fully saturated rings. The number of nitrogens with zero attached hydrogens (tertiary/aromatic N) is 2. The Kier molecular flexibility index (Phi) is 4.65. The number of nitrogens with one attached hydrogen (secondary N) is 1. The summed E-state index contributed by atoms with van der Waals surface area (Å²) in [5.41, 5.74) is 3.58. The van der Waals surface area contributed by atoms with E-state index in [9.17, 15) is 9.59 Å². The van der Waals surface area contributed by atoms with Crippen molar-refractivity contribution >= 4 is 17.5 Å². The van der Waals surface area contributed by atoms with Gasteiger partial charge in [0.25, 0.3) is 11.8 Å². The first-order valence-corrected chi connectivity index (χ1v) is 8.28. The molecule has 2 heterocycles. The lowest BCUT2D eigenvalue weighted by molar-refractivity contribution is -0.698. The first-order valence-electron chi connectivity index (χ1n) is 8.28. The third-order valence-corrected chi connectivity index (χ3v) is 4.50. The highest BCUT2D eigenvalue weighted by molar-refractivity contribution is 5.98. The first kappa shape index (κ1) is 16.9. The van der Waals surface area contributed by atoms with Crippen LogP contribution in [0.15, 0.2) is 55.3 Å². The molecule has 1 aromatic carbocycles. The summed E-state index contributed by atoms with van der Waals surface area (Å²) in [5, 5.41) is 3.02. The summed E-state index contributed by atoms with van der Waals surface area (Å²) in [6.07, 6.45) is 3.48. The molecule has 3 rings (SSSR count). The molecule has 0 aliphatic carbocycles. The average Bonchev–Trinajstić information content (AvgIpc) is 2.59. The van der Waals surface area contributed by atoms with E-state index >= 15 is 0 Å². The smallest absolute Gasteiger partial charge is 0.289 e. The topological polar surface area (TPSA) is 53.3 Å². The van der Waals surface area contributed by atoms with Gasteiger partial charge in [0.2, 0.25) is 12.2 Å². The van der Waals surface area contributed by atoms with Gasteiger partial charge in [0.1, 0.15) is 0 Å². The number of pyridine rings is 1. The Morgan fingerprint density at radius 1 is 1.28 bits per heavy atom. The predicted molar refractivity (Wildman–Crippen MR) is 95.8 cm³/mol. The number of aryl methyl sites for hydroxylation is 2. The van der Waals surface area contributed by atoms with Crippen LogP contribution in [0.3, 0.4) is 0 Å². The third kappa shape index (κ3) is 3.18. The van der Waals surface area contributed by atoms with Crippen molar-refractivity contribution in [2.24, 2.45) is 0 Å². The standard InChI is InChI=1S/C20H21N3O2/c1-4-11-23-17(24)13-22-12-6-5-10-16(22)19(23)20(25)21-18-14(2)8-7-9-15(18)3/h4-10,12,19H,1,11,13H2,2-3H3/p+1/t19-/m0/s1. The number of para-hydroxylation sites is 1. The van der Waals surface area contributed by atoms with Crippen molar-refractivity contribution in [1.82, 2.24) is 4.90 Å². The van der Waals surface area contributed by atoms with E-state index in [2.05, 4.69) is 11.9 Å². The maximum atomic E-state index is 13.1. The van der Waals surface area contributed by atoms with Crippen LogP contribution in [0.1, 0.15) is 22.9 Å². The van der Waals surface area contributed by atoms with Crippen molar-refractivity contribution < 1.29 is 14.2 Å². The van der Waals surface area contributed by atoms with Gasteiger partial charge >= 0.3 is 0 Å². The molecule has 5 heteroatoms. The van der Waals surface area contributed by atoms with Gasteiger partial charge in [-0.1, -0.05) is 30.3 Å². The number of hydrogen-bond donors (Lipinski definition) is 1. The molecule has 0 saturated heterocycles. The second kappa shape index (κ2) is 6.89. The quantitative estimate of drug-likeness (QED) is 0.688. The number of benzene rings is 1. The molecule has 2 aromatic rings. The van der Waals surface area contributed by atoms with Crippen LogP contribution >= 0.6 is 0 Å². The van der Waals surface area contributed by atoms with E-state index in [0.717, 1.165) is 22.5 Å². The molecule has 1 aromatic heterocycles. The highest BCUT2D eigenvalue weighted by Crippen LogP contribution is 2.26. The first-order chi connectivity index (χ1) is 12.0. The number of fused-ring (bicyclic) bond motifs is 1. The highest BCUT2D eigenvalue weighted by atomic mass is 16.2. The minimum absolute atomic E-state index is 0.0924. The molecule has 1 aliphatic rings. The van der Waals surface area contributed by atoms with Crippen molar-refractivity contribution in [1.29, 1.82) is 0 Å². The zero-order chi connectivity index (χ0) is 18.0. The molecule has 0 unspecified atom stereocenters. The van der Waals surface area contributed by atoms with Crippen LogP contribution < -0.4 is 9.88 Å². The number of carbonyl (C=O) groups is 2. The average molecular weight is 336 g/mol. The van der Waals surface area contributed by atoms with E-state index in [1.165, 1.54) is 0 Å². The predicted octanol–water partition coefficient (Wildman–Crippen LogP) is 2.30. The molecule has 25 heavy (non-hydrogen) atoms. The van der Waals surface area contributed by atoms with Crippen LogP contribution in [0.2, 0.25) is 0 Å². The van der Waals surface area contributed by atoms with Crippen LogP contribution in [0, 0.1) is 13.8 Å². The Labute approximate surface area is 147 Å². The van der Waals surface area contributed by atoms with E-state index in [1.807, 2.05) is 61.0 Å². The van der Waals surface area contributed by atoms with Crippen LogP contribution in [0.4, 0.5) is 5.69 Å². The Morgan fingerprint density at radius 2 is 2.00 bits per heavy atom. The van der Waals surface area contributed by atoms with Crippen LogP contribution in [0.25, 0.3) is 0 Å². The summed E-state index contributed by atoms with van der Waals surface area (Å²) in [4.78, 5) is 27.2. The molecule has 0 radical (unpaired) electrons. The number of carbonyl (C=O) groups excluding carboxylic acids is 2.